The van der Waals surface area contributed by atoms with Crippen LogP contribution < -0.4 is 0 Å². The van der Waals surface area contributed by atoms with Crippen LogP contribution in [0.5, 0.6) is 0 Å². The second-order valence-corrected chi connectivity index (χ2v) is 5.65. The molecule has 3 aromatic carbocycles. The van der Waals surface area contributed by atoms with Gasteiger partial charge < -0.3 is 10.2 Å². The molecule has 0 aliphatic rings. The average Bonchev–Trinajstić information content (AvgIpc) is 2.62. The number of benzene rings is 3. The summed E-state index contributed by atoms with van der Waals surface area (Å²) in [4.78, 5) is 23.4. The zero-order valence-electron chi connectivity index (χ0n) is 13.3. The molecule has 25 heavy (non-hydrogen) atoms. The van der Waals surface area contributed by atoms with Gasteiger partial charge in [0.2, 0.25) is 0 Å². The molecule has 3 rings (SSSR count). The van der Waals surface area contributed by atoms with Crippen LogP contribution in [0.4, 0.5) is 0 Å². The molecule has 0 atom stereocenters. The standard InChI is InChI=1S/C21H16O4/c22-20(23)17-12-11-16(15-9-5-2-6-10-15)18(19(17)21(24)25)13-14-7-3-1-4-8-14/h1-12H,13H2,(H,22,23)(H,24,25). The van der Waals surface area contributed by atoms with Gasteiger partial charge in [0.25, 0.3) is 0 Å². The molecule has 124 valence electrons. The van der Waals surface area contributed by atoms with Crippen molar-refractivity contribution in [3.63, 3.8) is 0 Å². The fourth-order valence-electron chi connectivity index (χ4n) is 2.94. The second kappa shape index (κ2) is 7.01. The van der Waals surface area contributed by atoms with E-state index in [-0.39, 0.29) is 11.1 Å². The maximum Gasteiger partial charge on any atom is 0.336 e. The van der Waals surface area contributed by atoms with Crippen LogP contribution in [-0.2, 0) is 6.42 Å². The molecule has 0 aromatic heterocycles. The number of hydrogen-bond acceptors (Lipinski definition) is 2. The third kappa shape index (κ3) is 3.43. The van der Waals surface area contributed by atoms with Crippen LogP contribution in [0, 0.1) is 0 Å². The highest BCUT2D eigenvalue weighted by molar-refractivity contribution is 6.04. The summed E-state index contributed by atoms with van der Waals surface area (Å²) in [5.41, 5.74) is 2.66. The normalized spacial score (nSPS) is 10.4. The number of rotatable bonds is 5. The summed E-state index contributed by atoms with van der Waals surface area (Å²) in [7, 11) is 0. The predicted molar refractivity (Wildman–Crippen MR) is 95.0 cm³/mol. The summed E-state index contributed by atoms with van der Waals surface area (Å²) in [5, 5.41) is 19.1. The van der Waals surface area contributed by atoms with E-state index >= 15 is 0 Å². The van der Waals surface area contributed by atoms with E-state index in [1.54, 1.807) is 6.07 Å². The molecule has 0 unspecified atom stereocenters. The van der Waals surface area contributed by atoms with E-state index in [0.717, 1.165) is 16.7 Å². The molecule has 4 heteroatoms. The van der Waals surface area contributed by atoms with Gasteiger partial charge >= 0.3 is 11.9 Å². The van der Waals surface area contributed by atoms with Gasteiger partial charge in [-0.1, -0.05) is 66.7 Å². The van der Waals surface area contributed by atoms with Crippen LogP contribution in [0.15, 0.2) is 72.8 Å². The van der Waals surface area contributed by atoms with Crippen LogP contribution >= 0.6 is 0 Å². The molecule has 0 bridgehead atoms. The average molecular weight is 332 g/mol. The Balaban J connectivity index is 2.27. The highest BCUT2D eigenvalue weighted by Gasteiger charge is 2.23. The lowest BCUT2D eigenvalue weighted by Gasteiger charge is -2.15. The minimum Gasteiger partial charge on any atom is -0.478 e. The summed E-state index contributed by atoms with van der Waals surface area (Å²) >= 11 is 0. The number of carboxylic acids is 2. The summed E-state index contributed by atoms with van der Waals surface area (Å²) in [6.07, 6.45) is 0.341. The van der Waals surface area contributed by atoms with Crippen LogP contribution in [0.25, 0.3) is 11.1 Å². The Morgan fingerprint density at radius 1 is 0.720 bits per heavy atom. The molecule has 0 fully saturated rings. The molecular weight excluding hydrogens is 316 g/mol. The van der Waals surface area contributed by atoms with E-state index in [4.69, 9.17) is 0 Å². The smallest absolute Gasteiger partial charge is 0.336 e. The number of carboxylic acid groups (broad SMARTS) is 2. The van der Waals surface area contributed by atoms with Crippen molar-refractivity contribution in [2.24, 2.45) is 0 Å². The maximum absolute atomic E-state index is 11.9. The summed E-state index contributed by atoms with van der Waals surface area (Å²) in [6, 6.07) is 21.9. The van der Waals surface area contributed by atoms with Gasteiger partial charge in [0.1, 0.15) is 0 Å². The Morgan fingerprint density at radius 3 is 1.88 bits per heavy atom. The minimum absolute atomic E-state index is 0.155. The second-order valence-electron chi connectivity index (χ2n) is 5.65. The Bertz CT molecular complexity index is 915. The molecule has 0 aliphatic heterocycles. The first-order valence-electron chi connectivity index (χ1n) is 7.79. The zero-order valence-corrected chi connectivity index (χ0v) is 13.3. The van der Waals surface area contributed by atoms with Crippen LogP contribution in [0.2, 0.25) is 0 Å². The molecule has 0 radical (unpaired) electrons. The molecular formula is C21H16O4. The first kappa shape index (κ1) is 16.5. The molecule has 0 amide bonds. The molecule has 0 saturated carbocycles. The lowest BCUT2D eigenvalue weighted by molar-refractivity contribution is 0.0650. The zero-order chi connectivity index (χ0) is 17.8. The quantitative estimate of drug-likeness (QED) is 0.729. The molecule has 4 nitrogen and oxygen atoms in total. The van der Waals surface area contributed by atoms with Gasteiger partial charge in [-0.3, -0.25) is 0 Å². The van der Waals surface area contributed by atoms with Gasteiger partial charge in [-0.2, -0.15) is 0 Å². The fourth-order valence-corrected chi connectivity index (χ4v) is 2.94. The third-order valence-corrected chi connectivity index (χ3v) is 4.07. The van der Waals surface area contributed by atoms with Crippen molar-refractivity contribution in [1.82, 2.24) is 0 Å². The van der Waals surface area contributed by atoms with E-state index in [9.17, 15) is 19.8 Å². The van der Waals surface area contributed by atoms with Crippen molar-refractivity contribution in [2.75, 3.05) is 0 Å². The minimum atomic E-state index is -1.24. The van der Waals surface area contributed by atoms with Crippen molar-refractivity contribution < 1.29 is 19.8 Å². The Kier molecular flexibility index (Phi) is 4.61. The predicted octanol–water partition coefficient (Wildman–Crippen LogP) is 4.34. The number of carbonyl (C=O) groups is 2. The Labute approximate surface area is 145 Å². The van der Waals surface area contributed by atoms with E-state index in [0.29, 0.717) is 12.0 Å². The fraction of sp³-hybridized carbons (Fsp3) is 0.0476. The van der Waals surface area contributed by atoms with Crippen molar-refractivity contribution in [3.05, 3.63) is 95.1 Å². The van der Waals surface area contributed by atoms with Gasteiger partial charge in [0.05, 0.1) is 11.1 Å². The Hall–Kier alpha value is -3.40. The molecule has 0 spiro atoms. The van der Waals surface area contributed by atoms with Crippen LogP contribution in [0.1, 0.15) is 31.8 Å². The molecule has 0 heterocycles. The number of aromatic carboxylic acids is 2. The highest BCUT2D eigenvalue weighted by atomic mass is 16.4. The van der Waals surface area contributed by atoms with Gasteiger partial charge in [-0.25, -0.2) is 9.59 Å². The molecule has 0 saturated heterocycles. The largest absolute Gasteiger partial charge is 0.478 e. The van der Waals surface area contributed by atoms with E-state index in [1.807, 2.05) is 60.7 Å². The van der Waals surface area contributed by atoms with Crippen molar-refractivity contribution >= 4 is 11.9 Å². The van der Waals surface area contributed by atoms with Crippen molar-refractivity contribution in [1.29, 1.82) is 0 Å². The topological polar surface area (TPSA) is 74.6 Å². The molecule has 2 N–H and O–H groups in total. The van der Waals surface area contributed by atoms with Crippen LogP contribution in [-0.4, -0.2) is 22.2 Å². The third-order valence-electron chi connectivity index (χ3n) is 4.07. The molecule has 0 aliphatic carbocycles. The summed E-state index contributed by atoms with van der Waals surface area (Å²) < 4.78 is 0. The SMILES string of the molecule is O=C(O)c1ccc(-c2ccccc2)c(Cc2ccccc2)c1C(=O)O. The van der Waals surface area contributed by atoms with Crippen LogP contribution in [0.3, 0.4) is 0 Å². The van der Waals surface area contributed by atoms with Crippen molar-refractivity contribution in [2.45, 2.75) is 6.42 Å². The van der Waals surface area contributed by atoms with E-state index in [1.165, 1.54) is 6.07 Å². The monoisotopic (exact) mass is 332 g/mol. The summed E-state index contributed by atoms with van der Waals surface area (Å²) in [5.74, 6) is -2.48. The lowest BCUT2D eigenvalue weighted by atomic mass is 9.88. The van der Waals surface area contributed by atoms with E-state index < -0.39 is 11.9 Å². The first-order chi connectivity index (χ1) is 12.1. The van der Waals surface area contributed by atoms with Gasteiger partial charge in [-0.15, -0.1) is 0 Å². The number of hydrogen-bond donors (Lipinski definition) is 2. The maximum atomic E-state index is 11.9. The van der Waals surface area contributed by atoms with Crippen molar-refractivity contribution in [3.8, 4) is 11.1 Å². The van der Waals surface area contributed by atoms with E-state index in [2.05, 4.69) is 0 Å². The Morgan fingerprint density at radius 2 is 1.32 bits per heavy atom. The van der Waals surface area contributed by atoms with Gasteiger partial charge in [0, 0.05) is 0 Å². The van der Waals surface area contributed by atoms with Gasteiger partial charge in [0.15, 0.2) is 0 Å². The molecule has 3 aromatic rings. The lowest BCUT2D eigenvalue weighted by Crippen LogP contribution is -2.13. The van der Waals surface area contributed by atoms with Gasteiger partial charge in [-0.05, 0) is 34.7 Å². The highest BCUT2D eigenvalue weighted by Crippen LogP contribution is 2.31. The first-order valence-corrected chi connectivity index (χ1v) is 7.79. The summed E-state index contributed by atoms with van der Waals surface area (Å²) in [6.45, 7) is 0.